The van der Waals surface area contributed by atoms with Gasteiger partial charge in [-0.2, -0.15) is 23.5 Å². The molecule has 0 amide bonds. The van der Waals surface area contributed by atoms with Crippen LogP contribution in [0.5, 0.6) is 0 Å². The van der Waals surface area contributed by atoms with Gasteiger partial charge in [0.05, 0.1) is 6.10 Å². The van der Waals surface area contributed by atoms with Crippen LogP contribution in [0.2, 0.25) is 0 Å². The number of aliphatic hydroxyl groups is 1. The molecule has 0 rings (SSSR count). The molecule has 2 atom stereocenters. The zero-order valence-electron chi connectivity index (χ0n) is 9.69. The van der Waals surface area contributed by atoms with Gasteiger partial charge in [0.2, 0.25) is 0 Å². The van der Waals surface area contributed by atoms with E-state index in [0.717, 1.165) is 12.3 Å². The van der Waals surface area contributed by atoms with Crippen LogP contribution in [-0.4, -0.2) is 59.8 Å². The molecule has 0 saturated carbocycles. The third-order valence-corrected chi connectivity index (χ3v) is 3.71. The van der Waals surface area contributed by atoms with Crippen molar-refractivity contribution in [1.82, 2.24) is 4.90 Å². The maximum atomic E-state index is 9.63. The molecule has 0 bridgehead atoms. The van der Waals surface area contributed by atoms with Crippen molar-refractivity contribution < 1.29 is 5.11 Å². The van der Waals surface area contributed by atoms with Gasteiger partial charge in [0.15, 0.2) is 0 Å². The highest BCUT2D eigenvalue weighted by Gasteiger charge is 2.12. The van der Waals surface area contributed by atoms with Crippen LogP contribution in [0.15, 0.2) is 0 Å². The third kappa shape index (κ3) is 6.98. The molecule has 0 unspecified atom stereocenters. The largest absolute Gasteiger partial charge is 0.391 e. The van der Waals surface area contributed by atoms with Gasteiger partial charge in [-0.3, -0.25) is 0 Å². The molecule has 2 nitrogen and oxygen atoms in total. The summed E-state index contributed by atoms with van der Waals surface area (Å²) in [5.41, 5.74) is 0. The van der Waals surface area contributed by atoms with E-state index in [-0.39, 0.29) is 6.10 Å². The third-order valence-electron chi connectivity index (χ3n) is 2.35. The quantitative estimate of drug-likeness (QED) is 0.695. The van der Waals surface area contributed by atoms with E-state index in [4.69, 9.17) is 0 Å². The molecule has 0 fully saturated rings. The fourth-order valence-electron chi connectivity index (χ4n) is 1.27. The summed E-state index contributed by atoms with van der Waals surface area (Å²) in [6.45, 7) is 3.01. The van der Waals surface area contributed by atoms with E-state index in [1.807, 2.05) is 18.0 Å². The minimum Gasteiger partial charge on any atom is -0.391 e. The van der Waals surface area contributed by atoms with Crippen LogP contribution in [0.3, 0.4) is 0 Å². The molecular weight excluding hydrogens is 214 g/mol. The Morgan fingerprint density at radius 3 is 2.43 bits per heavy atom. The van der Waals surface area contributed by atoms with Crippen molar-refractivity contribution in [2.45, 2.75) is 25.5 Å². The summed E-state index contributed by atoms with van der Waals surface area (Å²) in [7, 11) is 2.09. The van der Waals surface area contributed by atoms with Crippen LogP contribution in [0.25, 0.3) is 0 Å². The average Bonchev–Trinajstić information content (AvgIpc) is 2.14. The molecule has 0 aromatic heterocycles. The minimum atomic E-state index is -0.188. The van der Waals surface area contributed by atoms with Gasteiger partial charge in [0.25, 0.3) is 0 Å². The van der Waals surface area contributed by atoms with Crippen molar-refractivity contribution in [2.24, 2.45) is 0 Å². The second kappa shape index (κ2) is 8.89. The fraction of sp³-hybridized carbons (Fsp3) is 1.00. The molecule has 0 aromatic carbocycles. The Kier molecular flexibility index (Phi) is 9.28. The van der Waals surface area contributed by atoms with E-state index in [1.54, 1.807) is 11.8 Å². The first kappa shape index (κ1) is 14.6. The second-order valence-electron chi connectivity index (χ2n) is 3.68. The molecule has 0 heterocycles. The Morgan fingerprint density at radius 2 is 1.93 bits per heavy atom. The Morgan fingerprint density at radius 1 is 1.29 bits per heavy atom. The van der Waals surface area contributed by atoms with E-state index < -0.39 is 0 Å². The topological polar surface area (TPSA) is 23.5 Å². The lowest BCUT2D eigenvalue weighted by atomic mass is 10.2. The molecule has 0 spiro atoms. The summed E-state index contributed by atoms with van der Waals surface area (Å²) in [6, 6.07) is 0.568. The van der Waals surface area contributed by atoms with Crippen LogP contribution >= 0.6 is 23.5 Å². The van der Waals surface area contributed by atoms with Crippen molar-refractivity contribution >= 4 is 23.5 Å². The molecule has 0 aliphatic carbocycles. The smallest absolute Gasteiger partial charge is 0.0757 e. The molecule has 0 aromatic rings. The number of rotatable bonds is 8. The normalized spacial score (nSPS) is 15.9. The number of thioether (sulfide) groups is 2. The summed E-state index contributed by atoms with van der Waals surface area (Å²) >= 11 is 3.58. The van der Waals surface area contributed by atoms with Gasteiger partial charge in [-0.15, -0.1) is 0 Å². The van der Waals surface area contributed by atoms with Gasteiger partial charge in [-0.05, 0) is 38.7 Å². The average molecular weight is 237 g/mol. The molecule has 0 saturated heterocycles. The number of hydrogen-bond acceptors (Lipinski definition) is 4. The minimum absolute atomic E-state index is 0.188. The molecule has 14 heavy (non-hydrogen) atoms. The molecule has 0 radical (unpaired) electrons. The highest BCUT2D eigenvalue weighted by molar-refractivity contribution is 7.98. The van der Waals surface area contributed by atoms with Gasteiger partial charge >= 0.3 is 0 Å². The maximum Gasteiger partial charge on any atom is 0.0757 e. The van der Waals surface area contributed by atoms with Crippen LogP contribution in [0.1, 0.15) is 13.3 Å². The number of likely N-dealkylation sites (N-methyl/N-ethyl adjacent to an activating group) is 1. The Hall–Kier alpha value is 0.620. The Balaban J connectivity index is 3.64. The van der Waals surface area contributed by atoms with Gasteiger partial charge in [-0.1, -0.05) is 0 Å². The molecule has 0 aliphatic rings. The summed E-state index contributed by atoms with van der Waals surface area (Å²) in [4.78, 5) is 2.25. The van der Waals surface area contributed by atoms with Crippen molar-refractivity contribution in [3.05, 3.63) is 0 Å². The van der Waals surface area contributed by atoms with Crippen molar-refractivity contribution in [1.29, 1.82) is 0 Å². The van der Waals surface area contributed by atoms with Crippen LogP contribution in [0.4, 0.5) is 0 Å². The first-order valence-corrected chi connectivity index (χ1v) is 7.76. The van der Waals surface area contributed by atoms with Crippen molar-refractivity contribution in [3.8, 4) is 0 Å². The highest BCUT2D eigenvalue weighted by Crippen LogP contribution is 2.07. The fourth-order valence-corrected chi connectivity index (χ4v) is 2.33. The second-order valence-corrected chi connectivity index (χ2v) is 5.58. The van der Waals surface area contributed by atoms with Crippen LogP contribution in [-0.2, 0) is 0 Å². The van der Waals surface area contributed by atoms with Gasteiger partial charge in [-0.25, -0.2) is 0 Å². The van der Waals surface area contributed by atoms with Gasteiger partial charge in [0.1, 0.15) is 0 Å². The molecule has 0 aliphatic heterocycles. The number of nitrogens with zero attached hydrogens (tertiary/aromatic N) is 1. The van der Waals surface area contributed by atoms with E-state index in [1.165, 1.54) is 12.2 Å². The van der Waals surface area contributed by atoms with Crippen LogP contribution in [0, 0.1) is 0 Å². The van der Waals surface area contributed by atoms with E-state index in [0.29, 0.717) is 6.04 Å². The van der Waals surface area contributed by atoms with Gasteiger partial charge < -0.3 is 10.0 Å². The maximum absolute atomic E-state index is 9.63. The standard InChI is InChI=1S/C10H23NOS2/c1-9(5-6-13-3)11(2)7-10(12)8-14-4/h9-10,12H,5-8H2,1-4H3/t9-,10-/m0/s1. The molecular formula is C10H23NOS2. The lowest BCUT2D eigenvalue weighted by Crippen LogP contribution is -2.37. The summed E-state index contributed by atoms with van der Waals surface area (Å²) < 4.78 is 0. The Labute approximate surface area is 96.8 Å². The van der Waals surface area contributed by atoms with E-state index in [2.05, 4.69) is 25.1 Å². The van der Waals surface area contributed by atoms with Crippen molar-refractivity contribution in [3.63, 3.8) is 0 Å². The summed E-state index contributed by atoms with van der Waals surface area (Å²) in [6.07, 6.45) is 5.17. The summed E-state index contributed by atoms with van der Waals surface area (Å²) in [5, 5.41) is 9.63. The van der Waals surface area contributed by atoms with Crippen LogP contribution < -0.4 is 0 Å². The van der Waals surface area contributed by atoms with E-state index in [9.17, 15) is 5.11 Å². The Bertz CT molecular complexity index is 135. The SMILES string of the molecule is CSCC[C@H](C)N(C)C[C@H](O)CSC. The zero-order valence-corrected chi connectivity index (χ0v) is 11.3. The van der Waals surface area contributed by atoms with Gasteiger partial charge in [0, 0.05) is 18.3 Å². The molecule has 1 N–H and O–H groups in total. The highest BCUT2D eigenvalue weighted by atomic mass is 32.2. The monoisotopic (exact) mass is 237 g/mol. The lowest BCUT2D eigenvalue weighted by molar-refractivity contribution is 0.124. The lowest BCUT2D eigenvalue weighted by Gasteiger charge is -2.26. The molecule has 4 heteroatoms. The number of aliphatic hydroxyl groups excluding tert-OH is 1. The predicted molar refractivity (Wildman–Crippen MR) is 69.5 cm³/mol. The first-order chi connectivity index (χ1) is 6.61. The van der Waals surface area contributed by atoms with E-state index >= 15 is 0 Å². The van der Waals surface area contributed by atoms with Crippen molar-refractivity contribution in [2.75, 3.05) is 37.6 Å². The predicted octanol–water partition coefficient (Wildman–Crippen LogP) is 1.78. The number of hydrogen-bond donors (Lipinski definition) is 1. The molecule has 86 valence electrons. The first-order valence-electron chi connectivity index (χ1n) is 4.98. The zero-order chi connectivity index (χ0) is 11.0. The summed E-state index contributed by atoms with van der Waals surface area (Å²) in [5.74, 6) is 2.03.